The van der Waals surface area contributed by atoms with Crippen LogP contribution in [0.1, 0.15) is 39.2 Å². The van der Waals surface area contributed by atoms with Gasteiger partial charge in [0, 0.05) is 18.5 Å². The van der Waals surface area contributed by atoms with Crippen molar-refractivity contribution in [3.63, 3.8) is 0 Å². The van der Waals surface area contributed by atoms with Crippen molar-refractivity contribution < 1.29 is 29.3 Å². The van der Waals surface area contributed by atoms with Gasteiger partial charge in [-0.25, -0.2) is 4.79 Å². The molecule has 1 fully saturated rings. The maximum Gasteiger partial charge on any atom is 0.410 e. The van der Waals surface area contributed by atoms with E-state index in [4.69, 9.17) is 21.1 Å². The summed E-state index contributed by atoms with van der Waals surface area (Å²) in [4.78, 5) is 25.2. The Morgan fingerprint density at radius 2 is 2.10 bits per heavy atom. The molecule has 1 saturated heterocycles. The molecule has 8 nitrogen and oxygen atoms in total. The van der Waals surface area contributed by atoms with Gasteiger partial charge in [-0.2, -0.15) is 0 Å². The highest BCUT2D eigenvalue weighted by Gasteiger charge is 2.43. The molecule has 2 aliphatic rings. The molecule has 2 atom stereocenters. The number of fused-ring (bicyclic) bond motifs is 1. The van der Waals surface area contributed by atoms with Crippen molar-refractivity contribution in [2.45, 2.75) is 57.3 Å². The molecule has 2 heterocycles. The van der Waals surface area contributed by atoms with Crippen molar-refractivity contribution in [1.29, 1.82) is 0 Å². The zero-order valence-electron chi connectivity index (χ0n) is 16.8. The van der Waals surface area contributed by atoms with E-state index in [2.05, 4.69) is 5.32 Å². The molecule has 29 heavy (non-hydrogen) atoms. The highest BCUT2D eigenvalue weighted by molar-refractivity contribution is 6.34. The van der Waals surface area contributed by atoms with E-state index in [0.717, 1.165) is 5.56 Å². The number of amides is 2. The number of aliphatic hydroxyl groups is 2. The fourth-order valence-corrected chi connectivity index (χ4v) is 3.61. The van der Waals surface area contributed by atoms with Gasteiger partial charge in [0.25, 0.3) is 0 Å². The van der Waals surface area contributed by atoms with Crippen LogP contribution in [0.4, 0.5) is 10.5 Å². The van der Waals surface area contributed by atoms with Crippen LogP contribution in [0.25, 0.3) is 0 Å². The summed E-state index contributed by atoms with van der Waals surface area (Å²) in [5.74, 6) is 0.389. The first-order valence-electron chi connectivity index (χ1n) is 9.61. The minimum Gasteiger partial charge on any atom is -0.490 e. The molecule has 160 valence electrons. The summed E-state index contributed by atoms with van der Waals surface area (Å²) in [5, 5.41) is 24.5. The van der Waals surface area contributed by atoms with Crippen molar-refractivity contribution >= 4 is 29.3 Å². The summed E-state index contributed by atoms with van der Waals surface area (Å²) in [7, 11) is 0. The molecular weight excluding hydrogens is 400 g/mol. The molecule has 0 radical (unpaired) electrons. The highest BCUT2D eigenvalue weighted by Crippen LogP contribution is 2.37. The highest BCUT2D eigenvalue weighted by atomic mass is 35.5. The topological polar surface area (TPSA) is 108 Å². The Bertz CT molecular complexity index is 809. The molecular formula is C20H27ClN2O6. The Morgan fingerprint density at radius 3 is 2.76 bits per heavy atom. The Hall–Kier alpha value is -2.03. The van der Waals surface area contributed by atoms with Crippen LogP contribution in [0, 0.1) is 0 Å². The van der Waals surface area contributed by atoms with Crippen molar-refractivity contribution in [3.8, 4) is 5.75 Å². The smallest absolute Gasteiger partial charge is 0.410 e. The average molecular weight is 427 g/mol. The van der Waals surface area contributed by atoms with Gasteiger partial charge in [-0.05, 0) is 45.7 Å². The molecule has 1 aromatic carbocycles. The maximum atomic E-state index is 12.2. The average Bonchev–Trinajstić information content (AvgIpc) is 2.62. The number of hydrogen-bond acceptors (Lipinski definition) is 6. The second-order valence-corrected chi connectivity index (χ2v) is 8.94. The monoisotopic (exact) mass is 426 g/mol. The zero-order valence-corrected chi connectivity index (χ0v) is 17.6. The number of ether oxygens (including phenoxy) is 2. The number of anilines is 1. The number of carbonyl (C=O) groups excluding carboxylic acids is 2. The molecule has 0 spiro atoms. The molecule has 0 aliphatic carbocycles. The molecule has 2 aliphatic heterocycles. The number of hydrogen-bond donors (Lipinski definition) is 3. The Labute approximate surface area is 174 Å². The van der Waals surface area contributed by atoms with E-state index in [1.807, 2.05) is 0 Å². The number of likely N-dealkylation sites (tertiary alicyclic amines) is 1. The number of β-amino-alcohol motifs (C(OH)–C–C–N with tert-alkyl or cyclic N) is 1. The lowest BCUT2D eigenvalue weighted by molar-refractivity contribution is -0.135. The van der Waals surface area contributed by atoms with Crippen molar-refractivity contribution in [2.75, 3.05) is 25.0 Å². The minimum absolute atomic E-state index is 0.0520. The molecule has 1 aromatic rings. The number of piperidine rings is 1. The third-order valence-electron chi connectivity index (χ3n) is 5.04. The SMILES string of the molecule is CC(C)(C)OC(=O)N1CC[C@@](O)(COc2ccc(Cl)c3c2CCC(=O)N3)[C@H](O)C1. The number of rotatable bonds is 3. The molecule has 9 heteroatoms. The zero-order chi connectivity index (χ0) is 21.4. The summed E-state index contributed by atoms with van der Waals surface area (Å²) in [6.07, 6.45) is -0.778. The number of nitrogens with zero attached hydrogens (tertiary/aromatic N) is 1. The largest absolute Gasteiger partial charge is 0.490 e. The molecule has 0 unspecified atom stereocenters. The molecule has 0 saturated carbocycles. The maximum absolute atomic E-state index is 12.2. The van der Waals surface area contributed by atoms with Gasteiger partial charge in [0.2, 0.25) is 5.91 Å². The first kappa shape index (κ1) is 21.7. The lowest BCUT2D eigenvalue weighted by Gasteiger charge is -2.42. The normalized spacial score (nSPS) is 24.6. The lowest BCUT2D eigenvalue weighted by atomic mass is 9.89. The second kappa shape index (κ2) is 8.01. The number of aliphatic hydroxyl groups excluding tert-OH is 1. The van der Waals surface area contributed by atoms with Gasteiger partial charge in [-0.15, -0.1) is 0 Å². The molecule has 3 rings (SSSR count). The van der Waals surface area contributed by atoms with Crippen LogP contribution in [0.15, 0.2) is 12.1 Å². The van der Waals surface area contributed by atoms with Gasteiger partial charge in [-0.1, -0.05) is 11.6 Å². The minimum atomic E-state index is -1.51. The Morgan fingerprint density at radius 1 is 1.38 bits per heavy atom. The second-order valence-electron chi connectivity index (χ2n) is 8.53. The van der Waals surface area contributed by atoms with Crippen LogP contribution in [0.3, 0.4) is 0 Å². The molecule has 0 aromatic heterocycles. The number of halogens is 1. The summed E-state index contributed by atoms with van der Waals surface area (Å²) < 4.78 is 11.2. The van der Waals surface area contributed by atoms with Crippen LogP contribution < -0.4 is 10.1 Å². The van der Waals surface area contributed by atoms with Crippen LogP contribution in [0.5, 0.6) is 5.75 Å². The standard InChI is InChI=1S/C20H27ClN2O6/c1-19(2,3)29-18(26)23-9-8-20(27,15(24)10-23)11-28-14-6-5-13(21)17-12(14)4-7-16(25)22-17/h5-6,15,24,27H,4,7-11H2,1-3H3,(H,22,25)/t15-,20-/m1/s1. The van der Waals surface area contributed by atoms with Crippen LogP contribution >= 0.6 is 11.6 Å². The summed E-state index contributed by atoms with van der Waals surface area (Å²) in [6.45, 7) is 5.34. The molecule has 3 N–H and O–H groups in total. The van der Waals surface area contributed by atoms with Gasteiger partial charge >= 0.3 is 6.09 Å². The van der Waals surface area contributed by atoms with E-state index in [-0.39, 0.29) is 32.0 Å². The summed E-state index contributed by atoms with van der Waals surface area (Å²) in [6, 6.07) is 3.30. The molecule has 0 bridgehead atoms. The van der Waals surface area contributed by atoms with Gasteiger partial charge in [-0.3, -0.25) is 4.79 Å². The molecule has 2 amide bonds. The number of carbonyl (C=O) groups is 2. The first-order chi connectivity index (χ1) is 13.5. The van der Waals surface area contributed by atoms with E-state index in [1.165, 1.54) is 4.90 Å². The third kappa shape index (κ3) is 4.94. The first-order valence-corrected chi connectivity index (χ1v) is 9.99. The Balaban J connectivity index is 1.65. The Kier molecular flexibility index (Phi) is 5.98. The van der Waals surface area contributed by atoms with Crippen LogP contribution in [0.2, 0.25) is 5.02 Å². The van der Waals surface area contributed by atoms with E-state index in [9.17, 15) is 19.8 Å². The summed E-state index contributed by atoms with van der Waals surface area (Å²) in [5.41, 5.74) is -0.862. The fraction of sp³-hybridized carbons (Fsp3) is 0.600. The van der Waals surface area contributed by atoms with E-state index < -0.39 is 23.4 Å². The number of nitrogens with one attached hydrogen (secondary N) is 1. The van der Waals surface area contributed by atoms with Crippen LogP contribution in [-0.4, -0.2) is 64.1 Å². The van der Waals surface area contributed by atoms with Gasteiger partial charge in [0.05, 0.1) is 17.3 Å². The van der Waals surface area contributed by atoms with E-state index >= 15 is 0 Å². The van der Waals surface area contributed by atoms with Crippen molar-refractivity contribution in [1.82, 2.24) is 4.90 Å². The van der Waals surface area contributed by atoms with Crippen molar-refractivity contribution in [3.05, 3.63) is 22.7 Å². The van der Waals surface area contributed by atoms with E-state index in [1.54, 1.807) is 32.9 Å². The van der Waals surface area contributed by atoms with Crippen LogP contribution in [-0.2, 0) is 16.0 Å². The van der Waals surface area contributed by atoms with E-state index in [0.29, 0.717) is 29.3 Å². The fourth-order valence-electron chi connectivity index (χ4n) is 3.39. The quantitative estimate of drug-likeness (QED) is 0.684. The van der Waals surface area contributed by atoms with Gasteiger partial charge in [0.15, 0.2) is 0 Å². The number of benzene rings is 1. The van der Waals surface area contributed by atoms with Gasteiger partial charge < -0.3 is 29.9 Å². The third-order valence-corrected chi connectivity index (χ3v) is 5.36. The predicted octanol–water partition coefficient (Wildman–Crippen LogP) is 2.34. The van der Waals surface area contributed by atoms with Crippen molar-refractivity contribution in [2.24, 2.45) is 0 Å². The predicted molar refractivity (Wildman–Crippen MR) is 107 cm³/mol. The summed E-state index contributed by atoms with van der Waals surface area (Å²) >= 11 is 6.16. The lowest BCUT2D eigenvalue weighted by Crippen LogP contribution is -2.59. The van der Waals surface area contributed by atoms with Gasteiger partial charge in [0.1, 0.15) is 29.7 Å².